The van der Waals surface area contributed by atoms with Crippen molar-refractivity contribution in [2.24, 2.45) is 12.8 Å². The number of nitrogens with zero attached hydrogens (tertiary/aromatic N) is 2. The van der Waals surface area contributed by atoms with Crippen LogP contribution in [-0.4, -0.2) is 9.78 Å². The Labute approximate surface area is 104 Å². The van der Waals surface area contributed by atoms with E-state index in [-0.39, 0.29) is 5.69 Å². The molecule has 0 bridgehead atoms. The molecular formula is C11H8F5N3. The molecule has 1 atom stereocenters. The van der Waals surface area contributed by atoms with E-state index >= 15 is 0 Å². The zero-order chi connectivity index (χ0) is 14.3. The van der Waals surface area contributed by atoms with Crippen molar-refractivity contribution >= 4 is 0 Å². The number of hydrogen-bond acceptors (Lipinski definition) is 2. The van der Waals surface area contributed by atoms with Crippen molar-refractivity contribution < 1.29 is 22.0 Å². The minimum absolute atomic E-state index is 0.114. The number of aromatic nitrogens is 2. The summed E-state index contributed by atoms with van der Waals surface area (Å²) in [6.45, 7) is 0. The predicted octanol–water partition coefficient (Wildman–Crippen LogP) is 2.16. The molecule has 1 aromatic heterocycles. The van der Waals surface area contributed by atoms with Crippen LogP contribution in [0.4, 0.5) is 22.0 Å². The van der Waals surface area contributed by atoms with Crippen molar-refractivity contribution in [2.45, 2.75) is 6.04 Å². The van der Waals surface area contributed by atoms with Gasteiger partial charge in [-0.25, -0.2) is 22.0 Å². The molecule has 2 rings (SSSR count). The molecule has 19 heavy (non-hydrogen) atoms. The molecule has 2 N–H and O–H groups in total. The highest BCUT2D eigenvalue weighted by Gasteiger charge is 2.30. The van der Waals surface area contributed by atoms with Crippen LogP contribution >= 0.6 is 0 Å². The monoisotopic (exact) mass is 277 g/mol. The van der Waals surface area contributed by atoms with Gasteiger partial charge in [-0.2, -0.15) is 5.10 Å². The first-order valence-corrected chi connectivity index (χ1v) is 5.11. The first-order valence-electron chi connectivity index (χ1n) is 5.11. The van der Waals surface area contributed by atoms with Gasteiger partial charge in [-0.1, -0.05) is 0 Å². The Morgan fingerprint density at radius 3 is 1.89 bits per heavy atom. The summed E-state index contributed by atoms with van der Waals surface area (Å²) in [5.74, 6) is -10.1. The second-order valence-electron chi connectivity index (χ2n) is 3.84. The molecule has 0 aliphatic rings. The van der Waals surface area contributed by atoms with E-state index < -0.39 is 40.7 Å². The van der Waals surface area contributed by atoms with Crippen LogP contribution in [0.3, 0.4) is 0 Å². The highest BCUT2D eigenvalue weighted by Crippen LogP contribution is 2.29. The molecule has 2 aromatic rings. The molecule has 0 amide bonds. The van der Waals surface area contributed by atoms with Crippen LogP contribution in [0.1, 0.15) is 17.3 Å². The standard InChI is InChI=1S/C11H8F5N3/c1-19-4(2-3-18-19)11(17)5-6(12)8(14)10(16)9(15)7(5)13/h2-3,11H,17H2,1H3. The molecule has 1 aromatic carbocycles. The SMILES string of the molecule is Cn1nccc1C(N)c1c(F)c(F)c(F)c(F)c1F. The molecule has 0 saturated carbocycles. The first-order chi connectivity index (χ1) is 8.86. The van der Waals surface area contributed by atoms with Crippen molar-refractivity contribution in [3.8, 4) is 0 Å². The molecule has 3 nitrogen and oxygen atoms in total. The first kappa shape index (κ1) is 13.5. The highest BCUT2D eigenvalue weighted by atomic mass is 19.2. The van der Waals surface area contributed by atoms with Gasteiger partial charge in [0.2, 0.25) is 5.82 Å². The Morgan fingerprint density at radius 2 is 1.47 bits per heavy atom. The second-order valence-corrected chi connectivity index (χ2v) is 3.84. The minimum atomic E-state index is -2.21. The lowest BCUT2D eigenvalue weighted by Gasteiger charge is -2.15. The van der Waals surface area contributed by atoms with E-state index in [1.165, 1.54) is 24.0 Å². The second kappa shape index (κ2) is 4.61. The average Bonchev–Trinajstić information content (AvgIpc) is 2.80. The van der Waals surface area contributed by atoms with Crippen LogP contribution in [0.25, 0.3) is 0 Å². The number of nitrogens with two attached hydrogens (primary N) is 1. The maximum atomic E-state index is 13.5. The summed E-state index contributed by atoms with van der Waals surface area (Å²) in [5.41, 5.74) is 4.59. The van der Waals surface area contributed by atoms with Crippen LogP contribution in [0.5, 0.6) is 0 Å². The van der Waals surface area contributed by atoms with Crippen LogP contribution in [-0.2, 0) is 7.05 Å². The number of aryl methyl sites for hydroxylation is 1. The molecule has 0 saturated heterocycles. The zero-order valence-corrected chi connectivity index (χ0v) is 9.59. The molecule has 8 heteroatoms. The quantitative estimate of drug-likeness (QED) is 0.519. The lowest BCUT2D eigenvalue weighted by Crippen LogP contribution is -2.21. The van der Waals surface area contributed by atoms with Crippen LogP contribution in [0.15, 0.2) is 12.3 Å². The van der Waals surface area contributed by atoms with Gasteiger partial charge < -0.3 is 5.73 Å². The van der Waals surface area contributed by atoms with Gasteiger partial charge in [0, 0.05) is 13.2 Å². The molecular weight excluding hydrogens is 269 g/mol. The van der Waals surface area contributed by atoms with E-state index in [0.29, 0.717) is 0 Å². The summed E-state index contributed by atoms with van der Waals surface area (Å²) in [6.07, 6.45) is 1.29. The topological polar surface area (TPSA) is 43.8 Å². The van der Waals surface area contributed by atoms with Crippen molar-refractivity contribution in [3.63, 3.8) is 0 Å². The smallest absolute Gasteiger partial charge is 0.200 e. The number of halogens is 5. The molecule has 0 fully saturated rings. The zero-order valence-electron chi connectivity index (χ0n) is 9.59. The van der Waals surface area contributed by atoms with Crippen LogP contribution < -0.4 is 5.73 Å². The van der Waals surface area contributed by atoms with E-state index in [2.05, 4.69) is 5.10 Å². The van der Waals surface area contributed by atoms with E-state index in [9.17, 15) is 22.0 Å². The van der Waals surface area contributed by atoms with E-state index in [1.807, 2.05) is 0 Å². The van der Waals surface area contributed by atoms with Gasteiger partial charge in [0.05, 0.1) is 17.3 Å². The summed E-state index contributed by atoms with van der Waals surface area (Å²) >= 11 is 0. The normalized spacial score (nSPS) is 12.8. The Morgan fingerprint density at radius 1 is 1.00 bits per heavy atom. The molecule has 102 valence electrons. The third kappa shape index (κ3) is 1.97. The Balaban J connectivity index is 2.67. The Kier molecular flexibility index (Phi) is 3.27. The van der Waals surface area contributed by atoms with Gasteiger partial charge in [-0.15, -0.1) is 0 Å². The maximum Gasteiger partial charge on any atom is 0.200 e. The fraction of sp³-hybridized carbons (Fsp3) is 0.182. The van der Waals surface area contributed by atoms with Crippen molar-refractivity contribution in [1.82, 2.24) is 9.78 Å². The molecule has 0 aliphatic heterocycles. The lowest BCUT2D eigenvalue weighted by atomic mass is 10.0. The Bertz CT molecular complexity index is 608. The van der Waals surface area contributed by atoms with Gasteiger partial charge >= 0.3 is 0 Å². The van der Waals surface area contributed by atoms with E-state index in [0.717, 1.165) is 0 Å². The summed E-state index contributed by atoms with van der Waals surface area (Å²) in [6, 6.07) is -0.194. The van der Waals surface area contributed by atoms with Crippen molar-refractivity contribution in [2.75, 3.05) is 0 Å². The fourth-order valence-corrected chi connectivity index (χ4v) is 1.73. The van der Waals surface area contributed by atoms with Gasteiger partial charge in [-0.05, 0) is 6.07 Å². The van der Waals surface area contributed by atoms with E-state index in [4.69, 9.17) is 5.73 Å². The fourth-order valence-electron chi connectivity index (χ4n) is 1.73. The third-order valence-corrected chi connectivity index (χ3v) is 2.73. The van der Waals surface area contributed by atoms with Crippen LogP contribution in [0.2, 0.25) is 0 Å². The Hall–Kier alpha value is -1.96. The molecule has 0 spiro atoms. The summed E-state index contributed by atoms with van der Waals surface area (Å²) in [5, 5.41) is 3.72. The predicted molar refractivity (Wildman–Crippen MR) is 55.5 cm³/mol. The summed E-state index contributed by atoms with van der Waals surface area (Å²) in [7, 11) is 1.43. The third-order valence-electron chi connectivity index (χ3n) is 2.73. The van der Waals surface area contributed by atoms with Gasteiger partial charge in [0.15, 0.2) is 23.3 Å². The summed E-state index contributed by atoms with van der Waals surface area (Å²) in [4.78, 5) is 0. The molecule has 1 heterocycles. The van der Waals surface area contributed by atoms with Crippen molar-refractivity contribution in [1.29, 1.82) is 0 Å². The van der Waals surface area contributed by atoms with Gasteiger partial charge in [0.25, 0.3) is 0 Å². The number of rotatable bonds is 2. The lowest BCUT2D eigenvalue weighted by molar-refractivity contribution is 0.366. The van der Waals surface area contributed by atoms with Gasteiger partial charge in [-0.3, -0.25) is 4.68 Å². The molecule has 0 aliphatic carbocycles. The maximum absolute atomic E-state index is 13.5. The highest BCUT2D eigenvalue weighted by molar-refractivity contribution is 5.32. The average molecular weight is 277 g/mol. The van der Waals surface area contributed by atoms with E-state index in [1.54, 1.807) is 0 Å². The van der Waals surface area contributed by atoms with Crippen LogP contribution in [0, 0.1) is 29.1 Å². The number of hydrogen-bond donors (Lipinski definition) is 1. The minimum Gasteiger partial charge on any atom is -0.319 e. The number of benzene rings is 1. The van der Waals surface area contributed by atoms with Gasteiger partial charge in [0.1, 0.15) is 0 Å². The largest absolute Gasteiger partial charge is 0.319 e. The molecule has 1 unspecified atom stereocenters. The summed E-state index contributed by atoms with van der Waals surface area (Å²) < 4.78 is 67.3. The molecule has 0 radical (unpaired) electrons. The van der Waals surface area contributed by atoms with Crippen molar-refractivity contribution in [3.05, 3.63) is 52.6 Å².